The molecule has 0 aromatic heterocycles. The molecule has 2 aromatic rings. The van der Waals surface area contributed by atoms with Crippen molar-refractivity contribution in [3.8, 4) is 5.75 Å². The SMILES string of the molecule is O=C(C1CN(C(=O)/C=C/c2ccc(F)cc2)c2ccccc2O1)N1CCCCC1. The fraction of sp³-hybridized carbons (Fsp3) is 0.304. The minimum absolute atomic E-state index is 0.0699. The van der Waals surface area contributed by atoms with Crippen molar-refractivity contribution in [1.82, 2.24) is 4.90 Å². The van der Waals surface area contributed by atoms with E-state index in [0.717, 1.165) is 37.9 Å². The van der Waals surface area contributed by atoms with Crippen LogP contribution < -0.4 is 9.64 Å². The zero-order valence-corrected chi connectivity index (χ0v) is 16.1. The predicted octanol–water partition coefficient (Wildman–Crippen LogP) is 3.65. The molecule has 4 rings (SSSR count). The lowest BCUT2D eigenvalue weighted by molar-refractivity contribution is -0.139. The van der Waals surface area contributed by atoms with Crippen molar-refractivity contribution in [3.05, 3.63) is 66.0 Å². The molecular formula is C23H23FN2O3. The number of hydrogen-bond acceptors (Lipinski definition) is 3. The van der Waals surface area contributed by atoms with Gasteiger partial charge < -0.3 is 14.5 Å². The van der Waals surface area contributed by atoms with Crippen LogP contribution in [0.5, 0.6) is 5.75 Å². The first kappa shape index (κ1) is 19.2. The highest BCUT2D eigenvalue weighted by Gasteiger charge is 2.35. The van der Waals surface area contributed by atoms with Gasteiger partial charge in [0.05, 0.1) is 12.2 Å². The number of ether oxygens (including phenoxy) is 1. The number of para-hydroxylation sites is 2. The third-order valence-corrected chi connectivity index (χ3v) is 5.27. The third-order valence-electron chi connectivity index (χ3n) is 5.27. The summed E-state index contributed by atoms with van der Waals surface area (Å²) in [5.74, 6) is -0.117. The van der Waals surface area contributed by atoms with Crippen molar-refractivity contribution in [2.75, 3.05) is 24.5 Å². The second kappa shape index (κ2) is 8.47. The van der Waals surface area contributed by atoms with Crippen LogP contribution in [-0.2, 0) is 9.59 Å². The molecule has 0 radical (unpaired) electrons. The molecule has 2 aliphatic rings. The van der Waals surface area contributed by atoms with Crippen LogP contribution in [0.4, 0.5) is 10.1 Å². The predicted molar refractivity (Wildman–Crippen MR) is 109 cm³/mol. The molecule has 0 bridgehead atoms. The molecule has 1 unspecified atom stereocenters. The van der Waals surface area contributed by atoms with Crippen LogP contribution in [0.3, 0.4) is 0 Å². The maximum Gasteiger partial charge on any atom is 0.265 e. The number of carbonyl (C=O) groups is 2. The Labute approximate surface area is 169 Å². The number of benzene rings is 2. The molecule has 2 amide bonds. The van der Waals surface area contributed by atoms with Gasteiger partial charge in [-0.2, -0.15) is 0 Å². The Balaban J connectivity index is 1.55. The van der Waals surface area contributed by atoms with E-state index in [2.05, 4.69) is 0 Å². The summed E-state index contributed by atoms with van der Waals surface area (Å²) in [4.78, 5) is 29.3. The van der Waals surface area contributed by atoms with E-state index in [1.807, 2.05) is 17.0 Å². The molecule has 1 saturated heterocycles. The number of amides is 2. The van der Waals surface area contributed by atoms with Crippen LogP contribution in [0.25, 0.3) is 6.08 Å². The Morgan fingerprint density at radius 1 is 1.00 bits per heavy atom. The Morgan fingerprint density at radius 3 is 2.48 bits per heavy atom. The molecule has 2 heterocycles. The van der Waals surface area contributed by atoms with Crippen molar-refractivity contribution in [2.24, 2.45) is 0 Å². The summed E-state index contributed by atoms with van der Waals surface area (Å²) in [5.41, 5.74) is 1.37. The van der Waals surface area contributed by atoms with Gasteiger partial charge in [0.2, 0.25) is 0 Å². The zero-order valence-electron chi connectivity index (χ0n) is 16.1. The summed E-state index contributed by atoms with van der Waals surface area (Å²) >= 11 is 0. The number of anilines is 1. The molecule has 6 heteroatoms. The zero-order chi connectivity index (χ0) is 20.2. The lowest BCUT2D eigenvalue weighted by Gasteiger charge is -2.37. The fourth-order valence-corrected chi connectivity index (χ4v) is 3.72. The first-order chi connectivity index (χ1) is 14.1. The molecular weight excluding hydrogens is 371 g/mol. The molecule has 150 valence electrons. The molecule has 0 aliphatic carbocycles. The van der Waals surface area contributed by atoms with Gasteiger partial charge in [0.15, 0.2) is 6.10 Å². The second-order valence-electron chi connectivity index (χ2n) is 7.29. The first-order valence-corrected chi connectivity index (χ1v) is 9.91. The average molecular weight is 394 g/mol. The number of fused-ring (bicyclic) bond motifs is 1. The lowest BCUT2D eigenvalue weighted by atomic mass is 10.1. The van der Waals surface area contributed by atoms with Crippen molar-refractivity contribution in [2.45, 2.75) is 25.4 Å². The molecule has 1 atom stereocenters. The Hall–Kier alpha value is -3.15. The summed E-state index contributed by atoms with van der Waals surface area (Å²) < 4.78 is 19.0. The van der Waals surface area contributed by atoms with Crippen LogP contribution in [0.15, 0.2) is 54.6 Å². The number of nitrogens with zero attached hydrogens (tertiary/aromatic N) is 2. The van der Waals surface area contributed by atoms with Crippen LogP contribution in [0.1, 0.15) is 24.8 Å². The number of carbonyl (C=O) groups excluding carboxylic acids is 2. The van der Waals surface area contributed by atoms with Gasteiger partial charge in [-0.1, -0.05) is 24.3 Å². The van der Waals surface area contributed by atoms with Crippen LogP contribution >= 0.6 is 0 Å². The maximum atomic E-state index is 13.1. The Kier molecular flexibility index (Phi) is 5.60. The smallest absolute Gasteiger partial charge is 0.265 e. The number of piperidine rings is 1. The molecule has 2 aliphatic heterocycles. The van der Waals surface area contributed by atoms with Crippen molar-refractivity contribution >= 4 is 23.6 Å². The van der Waals surface area contributed by atoms with Gasteiger partial charge in [-0.05, 0) is 55.2 Å². The summed E-state index contributed by atoms with van der Waals surface area (Å²) in [5, 5.41) is 0. The summed E-state index contributed by atoms with van der Waals surface area (Å²) in [7, 11) is 0. The van der Waals surface area contributed by atoms with Crippen molar-refractivity contribution in [3.63, 3.8) is 0 Å². The Morgan fingerprint density at radius 2 is 1.72 bits per heavy atom. The molecule has 5 nitrogen and oxygen atoms in total. The van der Waals surface area contributed by atoms with Gasteiger partial charge in [0.1, 0.15) is 11.6 Å². The highest BCUT2D eigenvalue weighted by molar-refractivity contribution is 6.05. The fourth-order valence-electron chi connectivity index (χ4n) is 3.72. The van der Waals surface area contributed by atoms with E-state index in [1.165, 1.54) is 18.2 Å². The maximum absolute atomic E-state index is 13.1. The normalized spacial score (nSPS) is 19.0. The van der Waals surface area contributed by atoms with E-state index in [9.17, 15) is 14.0 Å². The van der Waals surface area contributed by atoms with Gasteiger partial charge in [-0.15, -0.1) is 0 Å². The lowest BCUT2D eigenvalue weighted by Crippen LogP contribution is -2.52. The monoisotopic (exact) mass is 394 g/mol. The van der Waals surface area contributed by atoms with E-state index >= 15 is 0 Å². The van der Waals surface area contributed by atoms with E-state index < -0.39 is 6.10 Å². The van der Waals surface area contributed by atoms with Gasteiger partial charge in [-0.25, -0.2) is 4.39 Å². The highest BCUT2D eigenvalue weighted by atomic mass is 19.1. The minimum atomic E-state index is -0.717. The number of halogens is 1. The highest BCUT2D eigenvalue weighted by Crippen LogP contribution is 2.34. The first-order valence-electron chi connectivity index (χ1n) is 9.91. The molecule has 1 fully saturated rings. The van der Waals surface area contributed by atoms with Crippen LogP contribution in [-0.4, -0.2) is 42.5 Å². The number of hydrogen-bond donors (Lipinski definition) is 0. The van der Waals surface area contributed by atoms with E-state index in [1.54, 1.807) is 35.2 Å². The van der Waals surface area contributed by atoms with Crippen LogP contribution in [0.2, 0.25) is 0 Å². The standard InChI is InChI=1S/C23H23FN2O3/c24-18-11-8-17(9-12-18)10-13-22(27)26-16-21(23(28)25-14-4-1-5-15-25)29-20-7-3-2-6-19(20)26/h2-3,6-13,21H,1,4-5,14-16H2/b13-10+. The molecule has 2 aromatic carbocycles. The Bertz CT molecular complexity index is 920. The average Bonchev–Trinajstić information content (AvgIpc) is 2.78. The topological polar surface area (TPSA) is 49.9 Å². The number of rotatable bonds is 3. The van der Waals surface area contributed by atoms with Gasteiger partial charge in [0, 0.05) is 19.2 Å². The second-order valence-corrected chi connectivity index (χ2v) is 7.29. The summed E-state index contributed by atoms with van der Waals surface area (Å²) in [6, 6.07) is 13.1. The summed E-state index contributed by atoms with van der Waals surface area (Å²) in [6.07, 6.45) is 5.50. The molecule has 29 heavy (non-hydrogen) atoms. The van der Waals surface area contributed by atoms with Crippen LogP contribution in [0, 0.1) is 5.82 Å². The third kappa shape index (κ3) is 4.31. The molecule has 0 saturated carbocycles. The van der Waals surface area contributed by atoms with Crippen molar-refractivity contribution < 1.29 is 18.7 Å². The molecule has 0 spiro atoms. The van der Waals surface area contributed by atoms with Crippen molar-refractivity contribution in [1.29, 1.82) is 0 Å². The van der Waals surface area contributed by atoms with E-state index in [4.69, 9.17) is 4.74 Å². The van der Waals surface area contributed by atoms with Gasteiger partial charge in [-0.3, -0.25) is 9.59 Å². The quantitative estimate of drug-likeness (QED) is 0.747. The minimum Gasteiger partial charge on any atom is -0.476 e. The van der Waals surface area contributed by atoms with Gasteiger partial charge in [0.25, 0.3) is 11.8 Å². The number of likely N-dealkylation sites (tertiary alicyclic amines) is 1. The van der Waals surface area contributed by atoms with Gasteiger partial charge >= 0.3 is 0 Å². The largest absolute Gasteiger partial charge is 0.476 e. The molecule has 0 N–H and O–H groups in total. The summed E-state index contributed by atoms with van der Waals surface area (Å²) in [6.45, 7) is 1.64. The van der Waals surface area contributed by atoms with E-state index in [0.29, 0.717) is 11.4 Å². The van der Waals surface area contributed by atoms with E-state index in [-0.39, 0.29) is 24.2 Å².